The number of amides is 1. The topological polar surface area (TPSA) is 135 Å². The molecular weight excluding hydrogens is 584 g/mol. The summed E-state index contributed by atoms with van der Waals surface area (Å²) in [6, 6.07) is 10.5. The van der Waals surface area contributed by atoms with Crippen LogP contribution in [0.2, 0.25) is 5.02 Å². The first kappa shape index (κ1) is 30.0. The third kappa shape index (κ3) is 6.45. The monoisotopic (exact) mass is 616 g/mol. The molecule has 2 aromatic carbocycles. The number of benzene rings is 2. The van der Waals surface area contributed by atoms with Crippen molar-refractivity contribution in [3.63, 3.8) is 0 Å². The van der Waals surface area contributed by atoms with Crippen molar-refractivity contribution >= 4 is 50.7 Å². The summed E-state index contributed by atoms with van der Waals surface area (Å²) in [7, 11) is 0.795. The number of hydrogen-bond acceptors (Lipinski definition) is 10. The number of ether oxygens (including phenoxy) is 3. The number of fused-ring (bicyclic) bond motifs is 1. The lowest BCUT2D eigenvalue weighted by molar-refractivity contribution is -0.157. The van der Waals surface area contributed by atoms with E-state index in [1.54, 1.807) is 25.3 Å². The summed E-state index contributed by atoms with van der Waals surface area (Å²) in [6.45, 7) is 2.33. The van der Waals surface area contributed by atoms with Crippen LogP contribution in [0, 0.1) is 0 Å². The van der Waals surface area contributed by atoms with Gasteiger partial charge in [0.25, 0.3) is 5.91 Å². The lowest BCUT2D eigenvalue weighted by atomic mass is 10.0. The molecule has 3 aromatic rings. The molecule has 1 saturated heterocycles. The van der Waals surface area contributed by atoms with Gasteiger partial charge in [-0.05, 0) is 48.2 Å². The summed E-state index contributed by atoms with van der Waals surface area (Å²) in [5, 5.41) is 6.46. The number of sulfonamides is 1. The number of nitrogens with one attached hydrogen (secondary N) is 2. The van der Waals surface area contributed by atoms with E-state index < -0.39 is 16.1 Å². The van der Waals surface area contributed by atoms with E-state index in [2.05, 4.69) is 20.6 Å². The Balaban J connectivity index is 1.36. The average Bonchev–Trinajstić information content (AvgIpc) is 3.20. The number of anilines is 4. The Morgan fingerprint density at radius 2 is 1.83 bits per heavy atom. The van der Waals surface area contributed by atoms with Crippen LogP contribution < -0.4 is 15.4 Å². The molecule has 12 nitrogen and oxygen atoms in total. The minimum atomic E-state index is -3.72. The van der Waals surface area contributed by atoms with Gasteiger partial charge in [0.05, 0.1) is 44.5 Å². The molecule has 2 N–H and O–H groups in total. The van der Waals surface area contributed by atoms with Gasteiger partial charge in [0.15, 0.2) is 11.9 Å². The Kier molecular flexibility index (Phi) is 9.13. The molecule has 42 heavy (non-hydrogen) atoms. The van der Waals surface area contributed by atoms with Crippen molar-refractivity contribution in [1.82, 2.24) is 19.2 Å². The van der Waals surface area contributed by atoms with Crippen LogP contribution in [-0.4, -0.2) is 93.7 Å². The maximum absolute atomic E-state index is 13.0. The highest BCUT2D eigenvalue weighted by Gasteiger charge is 2.29. The molecule has 0 bridgehead atoms. The average molecular weight is 617 g/mol. The summed E-state index contributed by atoms with van der Waals surface area (Å²) in [5.74, 6) is 0.996. The van der Waals surface area contributed by atoms with Crippen LogP contribution >= 0.6 is 11.6 Å². The molecule has 0 saturated carbocycles. The number of nitrogens with zero attached hydrogens (tertiary/aromatic N) is 4. The number of rotatable bonds is 8. The number of hydrogen-bond donors (Lipinski definition) is 2. The number of para-hydroxylation sites is 1. The Morgan fingerprint density at radius 1 is 1.10 bits per heavy atom. The lowest BCUT2D eigenvalue weighted by Crippen LogP contribution is -2.46. The quantitative estimate of drug-likeness (QED) is 0.388. The van der Waals surface area contributed by atoms with Gasteiger partial charge in [-0.25, -0.2) is 17.7 Å². The molecule has 0 radical (unpaired) electrons. The first-order valence-electron chi connectivity index (χ1n) is 13.4. The van der Waals surface area contributed by atoms with Gasteiger partial charge in [-0.1, -0.05) is 23.7 Å². The molecule has 1 fully saturated rings. The third-order valence-corrected chi connectivity index (χ3v) is 9.27. The van der Waals surface area contributed by atoms with E-state index in [-0.39, 0.29) is 34.2 Å². The zero-order valence-corrected chi connectivity index (χ0v) is 25.2. The zero-order chi connectivity index (χ0) is 29.9. The molecule has 3 heterocycles. The summed E-state index contributed by atoms with van der Waals surface area (Å²) in [5.41, 5.74) is 3.13. The highest BCUT2D eigenvalue weighted by Crippen LogP contribution is 2.34. The van der Waals surface area contributed by atoms with Gasteiger partial charge in [-0.15, -0.1) is 0 Å². The molecule has 14 heteroatoms. The van der Waals surface area contributed by atoms with Gasteiger partial charge in [-0.3, -0.25) is 4.79 Å². The van der Waals surface area contributed by atoms with Crippen LogP contribution in [0.25, 0.3) is 0 Å². The van der Waals surface area contributed by atoms with E-state index in [0.717, 1.165) is 15.4 Å². The van der Waals surface area contributed by atoms with Gasteiger partial charge in [0.2, 0.25) is 16.0 Å². The summed E-state index contributed by atoms with van der Waals surface area (Å²) in [4.78, 5) is 23.7. The molecule has 0 aliphatic carbocycles. The first-order valence-corrected chi connectivity index (χ1v) is 15.2. The third-order valence-electron chi connectivity index (χ3n) is 7.12. The molecule has 1 amide bonds. The minimum absolute atomic E-state index is 0.0534. The predicted molar refractivity (Wildman–Crippen MR) is 158 cm³/mol. The normalized spacial score (nSPS) is 17.4. The highest BCUT2D eigenvalue weighted by molar-refractivity contribution is 7.89. The molecule has 5 rings (SSSR count). The highest BCUT2D eigenvalue weighted by atomic mass is 35.5. The predicted octanol–water partition coefficient (Wildman–Crippen LogP) is 3.22. The Morgan fingerprint density at radius 3 is 2.52 bits per heavy atom. The van der Waals surface area contributed by atoms with Crippen LogP contribution in [-0.2, 0) is 37.1 Å². The van der Waals surface area contributed by atoms with Gasteiger partial charge < -0.3 is 29.7 Å². The van der Waals surface area contributed by atoms with Crippen molar-refractivity contribution in [2.24, 2.45) is 0 Å². The number of methoxy groups -OCH3 is 1. The van der Waals surface area contributed by atoms with E-state index in [1.807, 2.05) is 17.0 Å². The van der Waals surface area contributed by atoms with Crippen molar-refractivity contribution in [1.29, 1.82) is 0 Å². The molecule has 1 aromatic heterocycles. The standard InChI is InChI=1S/C28H33ClN6O6S/c1-34(2)42(37,38)25-7-5-4-6-21(25)31-26-20(29)16-30-28(33-26)32-22-14-18-8-10-35(11-9-19(18)15-23(22)39-3)27(36)24-17-40-12-13-41-24/h4-7,14-16,24H,8-13,17H2,1-3H3,(H2,30,31,32,33). The fourth-order valence-corrected chi connectivity index (χ4v) is 6.01. The van der Waals surface area contributed by atoms with E-state index in [0.29, 0.717) is 56.3 Å². The maximum atomic E-state index is 13.0. The summed E-state index contributed by atoms with van der Waals surface area (Å²) >= 11 is 6.40. The van der Waals surface area contributed by atoms with E-state index in [9.17, 15) is 13.2 Å². The molecule has 224 valence electrons. The number of carbonyl (C=O) groups is 1. The van der Waals surface area contributed by atoms with E-state index in [1.165, 1.54) is 26.4 Å². The van der Waals surface area contributed by atoms with Crippen LogP contribution in [0.5, 0.6) is 5.75 Å². The van der Waals surface area contributed by atoms with Gasteiger partial charge in [0, 0.05) is 27.2 Å². The Labute approximate surface area is 250 Å². The van der Waals surface area contributed by atoms with Crippen LogP contribution in [0.3, 0.4) is 0 Å². The van der Waals surface area contributed by atoms with E-state index in [4.69, 9.17) is 25.8 Å². The number of halogens is 1. The largest absolute Gasteiger partial charge is 0.495 e. The van der Waals surface area contributed by atoms with Crippen molar-refractivity contribution < 1.29 is 27.4 Å². The zero-order valence-electron chi connectivity index (χ0n) is 23.6. The molecule has 0 spiro atoms. The van der Waals surface area contributed by atoms with Crippen molar-refractivity contribution in [3.8, 4) is 5.75 Å². The van der Waals surface area contributed by atoms with Crippen molar-refractivity contribution in [2.45, 2.75) is 23.8 Å². The second-order valence-electron chi connectivity index (χ2n) is 10.0. The van der Waals surface area contributed by atoms with Crippen LogP contribution in [0.4, 0.5) is 23.1 Å². The molecule has 2 aliphatic rings. The SMILES string of the molecule is COc1cc2c(cc1Nc1ncc(Cl)c(Nc3ccccc3S(=O)(=O)N(C)C)n1)CCN(C(=O)C1COCCO1)CC2. The van der Waals surface area contributed by atoms with Crippen molar-refractivity contribution in [3.05, 3.63) is 58.7 Å². The molecule has 1 atom stereocenters. The van der Waals surface area contributed by atoms with Crippen LogP contribution in [0.15, 0.2) is 47.5 Å². The summed E-state index contributed by atoms with van der Waals surface area (Å²) < 4.78 is 43.5. The fourth-order valence-electron chi connectivity index (χ4n) is 4.83. The molecular formula is C28H33ClN6O6S. The number of aromatic nitrogens is 2. The summed E-state index contributed by atoms with van der Waals surface area (Å²) in [6.07, 6.45) is 2.19. The molecule has 2 aliphatic heterocycles. The smallest absolute Gasteiger partial charge is 0.254 e. The minimum Gasteiger partial charge on any atom is -0.495 e. The fraction of sp³-hybridized carbons (Fsp3) is 0.393. The first-order chi connectivity index (χ1) is 20.2. The van der Waals surface area contributed by atoms with Crippen molar-refractivity contribution in [2.75, 3.05) is 64.7 Å². The lowest BCUT2D eigenvalue weighted by Gasteiger charge is -2.28. The second kappa shape index (κ2) is 12.8. The molecule has 1 unspecified atom stereocenters. The van der Waals surface area contributed by atoms with Gasteiger partial charge in [0.1, 0.15) is 15.7 Å². The van der Waals surface area contributed by atoms with Gasteiger partial charge in [-0.2, -0.15) is 4.98 Å². The van der Waals surface area contributed by atoms with E-state index >= 15 is 0 Å². The Bertz CT molecular complexity index is 1560. The number of carbonyl (C=O) groups excluding carboxylic acids is 1. The van der Waals surface area contributed by atoms with Gasteiger partial charge >= 0.3 is 0 Å². The van der Waals surface area contributed by atoms with Crippen LogP contribution in [0.1, 0.15) is 11.1 Å². The maximum Gasteiger partial charge on any atom is 0.254 e. The Hall–Kier alpha value is -3.49. The second-order valence-corrected chi connectivity index (χ2v) is 12.5.